The lowest BCUT2D eigenvalue weighted by Crippen LogP contribution is -2.29. The van der Waals surface area contributed by atoms with Crippen LogP contribution in [0.5, 0.6) is 5.75 Å². The van der Waals surface area contributed by atoms with Crippen LogP contribution in [0.4, 0.5) is 4.39 Å². The first-order valence-corrected chi connectivity index (χ1v) is 8.02. The largest absolute Gasteiger partial charge is 0.493 e. The molecule has 6 heteroatoms. The van der Waals surface area contributed by atoms with E-state index in [4.69, 9.17) is 4.74 Å². The number of ether oxygens (including phenoxy) is 1. The number of nitrogens with one attached hydrogen (secondary N) is 1. The van der Waals surface area contributed by atoms with Crippen LogP contribution in [0, 0.1) is 5.82 Å². The lowest BCUT2D eigenvalue weighted by atomic mass is 10.0. The first-order chi connectivity index (χ1) is 10.1. The fourth-order valence-corrected chi connectivity index (χ4v) is 3.51. The van der Waals surface area contributed by atoms with E-state index in [2.05, 4.69) is 4.72 Å². The van der Waals surface area contributed by atoms with E-state index in [1.165, 1.54) is 18.2 Å². The van der Waals surface area contributed by atoms with Gasteiger partial charge in [0.15, 0.2) is 0 Å². The Balaban J connectivity index is 1.76. The van der Waals surface area contributed by atoms with E-state index in [0.29, 0.717) is 6.61 Å². The van der Waals surface area contributed by atoms with Crippen LogP contribution in [0.25, 0.3) is 0 Å². The van der Waals surface area contributed by atoms with Gasteiger partial charge in [0, 0.05) is 18.0 Å². The van der Waals surface area contributed by atoms with E-state index in [-0.39, 0.29) is 17.4 Å². The number of rotatable bonds is 4. The van der Waals surface area contributed by atoms with Crippen LogP contribution >= 0.6 is 0 Å². The molecule has 3 rings (SSSR count). The molecule has 1 aliphatic heterocycles. The monoisotopic (exact) mass is 307 g/mol. The van der Waals surface area contributed by atoms with Gasteiger partial charge in [-0.15, -0.1) is 0 Å². The van der Waals surface area contributed by atoms with E-state index in [1.807, 2.05) is 24.3 Å². The second-order valence-corrected chi connectivity index (χ2v) is 6.56. The first-order valence-electron chi connectivity index (χ1n) is 6.54. The molecule has 1 N–H and O–H groups in total. The maximum absolute atomic E-state index is 13.6. The topological polar surface area (TPSA) is 55.4 Å². The molecular formula is C15H14FNO3S. The molecule has 0 saturated heterocycles. The maximum atomic E-state index is 13.6. The van der Waals surface area contributed by atoms with Crippen molar-refractivity contribution in [2.75, 3.05) is 13.2 Å². The molecule has 1 heterocycles. The fourth-order valence-electron chi connectivity index (χ4n) is 2.35. The second-order valence-electron chi connectivity index (χ2n) is 4.83. The number of fused-ring (bicyclic) bond motifs is 1. The van der Waals surface area contributed by atoms with Gasteiger partial charge in [0.2, 0.25) is 10.0 Å². The summed E-state index contributed by atoms with van der Waals surface area (Å²) in [5, 5.41) is 0. The molecule has 0 saturated carbocycles. The molecule has 0 fully saturated rings. The van der Waals surface area contributed by atoms with Crippen molar-refractivity contribution >= 4 is 10.0 Å². The van der Waals surface area contributed by atoms with Crippen LogP contribution in [-0.2, 0) is 10.0 Å². The third-order valence-corrected chi connectivity index (χ3v) is 4.90. The molecule has 0 aliphatic carbocycles. The van der Waals surface area contributed by atoms with Gasteiger partial charge in [-0.25, -0.2) is 17.5 Å². The zero-order valence-electron chi connectivity index (χ0n) is 11.1. The summed E-state index contributed by atoms with van der Waals surface area (Å²) in [6.07, 6.45) is 0. The molecule has 110 valence electrons. The summed E-state index contributed by atoms with van der Waals surface area (Å²) in [5.41, 5.74) is 0.966. The van der Waals surface area contributed by atoms with Crippen molar-refractivity contribution in [3.05, 3.63) is 59.9 Å². The first kappa shape index (κ1) is 14.0. The molecule has 21 heavy (non-hydrogen) atoms. The highest BCUT2D eigenvalue weighted by Crippen LogP contribution is 2.33. The molecule has 0 radical (unpaired) electrons. The zero-order valence-corrected chi connectivity index (χ0v) is 11.9. The van der Waals surface area contributed by atoms with Crippen LogP contribution < -0.4 is 9.46 Å². The smallest absolute Gasteiger partial charge is 0.243 e. The minimum Gasteiger partial charge on any atom is -0.493 e. The predicted molar refractivity (Wildman–Crippen MR) is 76.3 cm³/mol. The molecule has 1 aliphatic rings. The molecule has 0 spiro atoms. The summed E-state index contributed by atoms with van der Waals surface area (Å²) in [6.45, 7) is 0.590. The van der Waals surface area contributed by atoms with Crippen molar-refractivity contribution in [3.63, 3.8) is 0 Å². The van der Waals surface area contributed by atoms with Gasteiger partial charge in [-0.05, 0) is 18.2 Å². The van der Waals surface area contributed by atoms with E-state index in [9.17, 15) is 12.8 Å². The molecule has 0 amide bonds. The third-order valence-electron chi connectivity index (χ3n) is 3.44. The van der Waals surface area contributed by atoms with Crippen molar-refractivity contribution in [2.45, 2.75) is 10.8 Å². The van der Waals surface area contributed by atoms with Crippen LogP contribution in [-0.4, -0.2) is 21.6 Å². The summed E-state index contributed by atoms with van der Waals surface area (Å²) in [6, 6.07) is 12.8. The minimum atomic E-state index is -3.86. The highest BCUT2D eigenvalue weighted by Gasteiger charge is 2.26. The Hall–Kier alpha value is -1.92. The van der Waals surface area contributed by atoms with Gasteiger partial charge < -0.3 is 4.74 Å². The van der Waals surface area contributed by atoms with Crippen molar-refractivity contribution in [2.24, 2.45) is 0 Å². The van der Waals surface area contributed by atoms with Gasteiger partial charge in [-0.2, -0.15) is 0 Å². The normalized spacial score (nSPS) is 17.3. The number of hydrogen-bond donors (Lipinski definition) is 1. The van der Waals surface area contributed by atoms with Crippen LogP contribution in [0.1, 0.15) is 11.5 Å². The van der Waals surface area contributed by atoms with Crippen LogP contribution in [0.2, 0.25) is 0 Å². The molecule has 0 unspecified atom stereocenters. The Kier molecular flexibility index (Phi) is 3.65. The van der Waals surface area contributed by atoms with Gasteiger partial charge >= 0.3 is 0 Å². The van der Waals surface area contributed by atoms with Gasteiger partial charge in [-0.1, -0.05) is 30.3 Å². The standard InChI is InChI=1S/C15H14FNO3S/c16-13-6-2-4-8-15(13)21(18,19)17-9-11-10-20-14-7-3-1-5-12(11)14/h1-8,11,17H,9-10H2/t11-/m0/s1. The summed E-state index contributed by atoms with van der Waals surface area (Å²) < 4.78 is 45.8. The van der Waals surface area contributed by atoms with Gasteiger partial charge in [0.25, 0.3) is 0 Å². The van der Waals surface area contributed by atoms with Crippen molar-refractivity contribution in [3.8, 4) is 5.75 Å². The van der Waals surface area contributed by atoms with Gasteiger partial charge in [0.05, 0.1) is 6.61 Å². The summed E-state index contributed by atoms with van der Waals surface area (Å²) in [4.78, 5) is -0.336. The van der Waals surface area contributed by atoms with Crippen molar-refractivity contribution < 1.29 is 17.5 Å². The summed E-state index contributed by atoms with van der Waals surface area (Å²) in [7, 11) is -3.86. The molecule has 0 aromatic heterocycles. The molecule has 1 atom stereocenters. The number of sulfonamides is 1. The van der Waals surface area contributed by atoms with Crippen LogP contribution in [0.3, 0.4) is 0 Å². The van der Waals surface area contributed by atoms with E-state index in [0.717, 1.165) is 17.4 Å². The fraction of sp³-hybridized carbons (Fsp3) is 0.200. The molecule has 2 aromatic carbocycles. The summed E-state index contributed by atoms with van der Waals surface area (Å²) >= 11 is 0. The number of para-hydroxylation sites is 1. The van der Waals surface area contributed by atoms with Crippen molar-refractivity contribution in [1.82, 2.24) is 4.72 Å². The SMILES string of the molecule is O=S(=O)(NC[C@H]1COc2ccccc21)c1ccccc1F. The maximum Gasteiger partial charge on any atom is 0.243 e. The molecule has 4 nitrogen and oxygen atoms in total. The van der Waals surface area contributed by atoms with Gasteiger partial charge in [-0.3, -0.25) is 0 Å². The number of halogens is 1. The average molecular weight is 307 g/mol. The molecule has 2 aromatic rings. The van der Waals surface area contributed by atoms with E-state index >= 15 is 0 Å². The number of hydrogen-bond acceptors (Lipinski definition) is 3. The Bertz CT molecular complexity index is 761. The predicted octanol–water partition coefficient (Wildman–Crippen LogP) is 2.28. The zero-order chi connectivity index (χ0) is 14.9. The quantitative estimate of drug-likeness (QED) is 0.943. The second kappa shape index (κ2) is 5.46. The van der Waals surface area contributed by atoms with Crippen molar-refractivity contribution in [1.29, 1.82) is 0 Å². The van der Waals surface area contributed by atoms with Crippen LogP contribution in [0.15, 0.2) is 53.4 Å². The van der Waals surface area contributed by atoms with Gasteiger partial charge in [0.1, 0.15) is 16.5 Å². The highest BCUT2D eigenvalue weighted by molar-refractivity contribution is 7.89. The lowest BCUT2D eigenvalue weighted by molar-refractivity contribution is 0.330. The Labute approximate surface area is 122 Å². The molecular weight excluding hydrogens is 293 g/mol. The third kappa shape index (κ3) is 2.77. The number of benzene rings is 2. The summed E-state index contributed by atoms with van der Waals surface area (Å²) in [5.74, 6) is -0.0524. The van der Waals surface area contributed by atoms with E-state index < -0.39 is 15.8 Å². The Morgan fingerprint density at radius 2 is 1.86 bits per heavy atom. The minimum absolute atomic E-state index is 0.0669. The molecule has 0 bridgehead atoms. The lowest BCUT2D eigenvalue weighted by Gasteiger charge is -2.11. The Morgan fingerprint density at radius 1 is 1.14 bits per heavy atom. The highest BCUT2D eigenvalue weighted by atomic mass is 32.2. The van der Waals surface area contributed by atoms with E-state index in [1.54, 1.807) is 0 Å². The Morgan fingerprint density at radius 3 is 2.67 bits per heavy atom. The average Bonchev–Trinajstić information content (AvgIpc) is 2.89.